The Morgan fingerprint density at radius 2 is 1.87 bits per heavy atom. The summed E-state index contributed by atoms with van der Waals surface area (Å²) in [6, 6.07) is 9.64. The van der Waals surface area contributed by atoms with Crippen molar-refractivity contribution in [3.8, 4) is 22.8 Å². The van der Waals surface area contributed by atoms with Crippen LogP contribution in [0.3, 0.4) is 0 Å². The maximum Gasteiger partial charge on any atom is 0.419 e. The van der Waals surface area contributed by atoms with Gasteiger partial charge in [-0.15, -0.1) is 0 Å². The van der Waals surface area contributed by atoms with Gasteiger partial charge in [-0.25, -0.2) is 4.39 Å². The number of rotatable bonds is 8. The Morgan fingerprint density at radius 1 is 1.13 bits per heavy atom. The van der Waals surface area contributed by atoms with Crippen molar-refractivity contribution < 1.29 is 31.3 Å². The van der Waals surface area contributed by atoms with Crippen LogP contribution in [-0.2, 0) is 21.9 Å². The van der Waals surface area contributed by atoms with Crippen molar-refractivity contribution in [2.24, 2.45) is 0 Å². The van der Waals surface area contributed by atoms with Gasteiger partial charge in [-0.05, 0) is 48.5 Å². The zero-order valence-electron chi connectivity index (χ0n) is 22.3. The van der Waals surface area contributed by atoms with Crippen LogP contribution in [0, 0.1) is 5.82 Å². The fourth-order valence-electron chi connectivity index (χ4n) is 3.81. The largest absolute Gasteiger partial charge is 0.419 e. The first-order chi connectivity index (χ1) is 18.2. The second-order valence-corrected chi connectivity index (χ2v) is 15.6. The minimum Gasteiger partial charge on any atom is -0.415 e. The van der Waals surface area contributed by atoms with E-state index in [9.17, 15) is 22.4 Å². The van der Waals surface area contributed by atoms with Crippen molar-refractivity contribution in [2.45, 2.75) is 51.6 Å². The van der Waals surface area contributed by atoms with Crippen molar-refractivity contribution >= 4 is 25.1 Å². The summed E-state index contributed by atoms with van der Waals surface area (Å²) in [6.07, 6.45) is -3.10. The summed E-state index contributed by atoms with van der Waals surface area (Å²) < 4.78 is 66.1. The monoisotopic (exact) mass is 562 g/mol. The van der Waals surface area contributed by atoms with Gasteiger partial charge in [0, 0.05) is 34.8 Å². The van der Waals surface area contributed by atoms with Crippen LogP contribution in [0.15, 0.2) is 53.2 Å². The maximum atomic E-state index is 13.7. The number of nitrogens with one attached hydrogen (secondary N) is 1. The normalized spacial score (nSPS) is 12.7. The fraction of sp³-hybridized carbons (Fsp3) is 0.370. The molecule has 0 atom stereocenters. The van der Waals surface area contributed by atoms with Crippen LogP contribution in [-0.4, -0.2) is 42.1 Å². The Labute approximate surface area is 224 Å². The number of amides is 1. The van der Waals surface area contributed by atoms with E-state index in [1.807, 2.05) is 6.07 Å². The van der Waals surface area contributed by atoms with Crippen LogP contribution in [0.4, 0.5) is 17.6 Å². The van der Waals surface area contributed by atoms with Crippen molar-refractivity contribution in [3.05, 3.63) is 60.0 Å². The van der Waals surface area contributed by atoms with Crippen molar-refractivity contribution in [1.29, 1.82) is 0 Å². The highest BCUT2D eigenvalue weighted by Crippen LogP contribution is 2.37. The van der Waals surface area contributed by atoms with Gasteiger partial charge in [-0.1, -0.05) is 38.1 Å². The van der Waals surface area contributed by atoms with E-state index < -0.39 is 25.9 Å². The standard InChI is InChI=1S/C27H30F4N4O3Si/c1-26(2,3)39(4,5)37-14-12-32-23(36)16-35-13-11-18-19(7-6-8-22(18)35)24-33-25(38-34-24)17-9-10-21(28)20(15-17)27(29,30)31/h6-11,13,15H,12,14,16H2,1-5H3,(H,32,36). The molecule has 1 N–H and O–H groups in total. The summed E-state index contributed by atoms with van der Waals surface area (Å²) >= 11 is 0. The van der Waals surface area contributed by atoms with Crippen molar-refractivity contribution in [1.82, 2.24) is 20.0 Å². The third-order valence-electron chi connectivity index (χ3n) is 7.01. The van der Waals surface area contributed by atoms with Crippen LogP contribution in [0.2, 0.25) is 18.1 Å². The molecule has 2 aromatic carbocycles. The first kappa shape index (κ1) is 28.5. The van der Waals surface area contributed by atoms with E-state index in [1.54, 1.807) is 29.0 Å². The molecular formula is C27H30F4N4O3Si. The van der Waals surface area contributed by atoms with Gasteiger partial charge in [0.2, 0.25) is 11.7 Å². The molecule has 0 aliphatic carbocycles. The summed E-state index contributed by atoms with van der Waals surface area (Å²) in [7, 11) is -1.89. The molecule has 0 radical (unpaired) electrons. The average molecular weight is 563 g/mol. The number of hydrogen-bond acceptors (Lipinski definition) is 5. The molecule has 4 aromatic rings. The summed E-state index contributed by atoms with van der Waals surface area (Å²) in [5, 5.41) is 7.63. The fourth-order valence-corrected chi connectivity index (χ4v) is 4.85. The van der Waals surface area contributed by atoms with Gasteiger partial charge in [0.05, 0.1) is 12.2 Å². The molecule has 1 amide bonds. The predicted molar refractivity (Wildman–Crippen MR) is 142 cm³/mol. The molecular weight excluding hydrogens is 532 g/mol. The van der Waals surface area contributed by atoms with E-state index in [-0.39, 0.29) is 34.8 Å². The molecule has 0 aliphatic heterocycles. The van der Waals surface area contributed by atoms with Gasteiger partial charge in [-0.2, -0.15) is 18.2 Å². The second-order valence-electron chi connectivity index (χ2n) is 10.8. The van der Waals surface area contributed by atoms with Gasteiger partial charge >= 0.3 is 6.18 Å². The predicted octanol–water partition coefficient (Wildman–Crippen LogP) is 6.65. The smallest absolute Gasteiger partial charge is 0.415 e. The van der Waals surface area contributed by atoms with E-state index in [0.717, 1.165) is 17.0 Å². The number of halogens is 4. The molecule has 12 heteroatoms. The Hall–Kier alpha value is -3.51. The Morgan fingerprint density at radius 3 is 2.56 bits per heavy atom. The number of hydrogen-bond donors (Lipinski definition) is 1. The minimum absolute atomic E-state index is 0.0542. The number of nitrogens with zero attached hydrogens (tertiary/aromatic N) is 3. The number of carbonyl (C=O) groups excluding carboxylic acids is 1. The highest BCUT2D eigenvalue weighted by atomic mass is 28.4. The molecule has 0 bridgehead atoms. The number of benzene rings is 2. The first-order valence-corrected chi connectivity index (χ1v) is 15.3. The molecule has 39 heavy (non-hydrogen) atoms. The molecule has 2 heterocycles. The van der Waals surface area contributed by atoms with E-state index in [1.165, 1.54) is 0 Å². The molecule has 7 nitrogen and oxygen atoms in total. The number of carbonyl (C=O) groups is 1. The third kappa shape index (κ3) is 6.22. The Balaban J connectivity index is 1.47. The molecule has 4 rings (SSSR count). The summed E-state index contributed by atoms with van der Waals surface area (Å²) in [4.78, 5) is 16.8. The molecule has 0 aliphatic rings. The zero-order chi connectivity index (χ0) is 28.6. The van der Waals surface area contributed by atoms with Crippen LogP contribution in [0.25, 0.3) is 33.7 Å². The number of fused-ring (bicyclic) bond motifs is 1. The van der Waals surface area contributed by atoms with Crippen LogP contribution in [0.5, 0.6) is 0 Å². The minimum atomic E-state index is -4.86. The van der Waals surface area contributed by atoms with Gasteiger partial charge in [0.25, 0.3) is 5.89 Å². The lowest BCUT2D eigenvalue weighted by Crippen LogP contribution is -2.43. The quantitative estimate of drug-likeness (QED) is 0.148. The molecule has 208 valence electrons. The van der Waals surface area contributed by atoms with E-state index >= 15 is 0 Å². The van der Waals surface area contributed by atoms with Gasteiger partial charge in [0.15, 0.2) is 8.32 Å². The van der Waals surface area contributed by atoms with Crippen LogP contribution in [0.1, 0.15) is 26.3 Å². The molecule has 0 fully saturated rings. The van der Waals surface area contributed by atoms with Gasteiger partial charge in [-0.3, -0.25) is 4.79 Å². The molecule has 0 unspecified atom stereocenters. The first-order valence-electron chi connectivity index (χ1n) is 12.4. The zero-order valence-corrected chi connectivity index (χ0v) is 23.3. The highest BCUT2D eigenvalue weighted by Gasteiger charge is 2.37. The van der Waals surface area contributed by atoms with Crippen LogP contribution < -0.4 is 5.32 Å². The third-order valence-corrected chi connectivity index (χ3v) is 11.5. The summed E-state index contributed by atoms with van der Waals surface area (Å²) in [5.41, 5.74) is -0.152. The van der Waals surface area contributed by atoms with Gasteiger partial charge in [0.1, 0.15) is 12.4 Å². The molecule has 0 saturated heterocycles. The molecule has 0 spiro atoms. The van der Waals surface area contributed by atoms with E-state index in [4.69, 9.17) is 8.95 Å². The van der Waals surface area contributed by atoms with Crippen LogP contribution >= 0.6 is 0 Å². The maximum absolute atomic E-state index is 13.7. The molecule has 0 saturated carbocycles. The lowest BCUT2D eigenvalue weighted by molar-refractivity contribution is -0.140. The SMILES string of the molecule is CC(C)(C)[Si](C)(C)OCCNC(=O)Cn1ccc2c(-c3noc(-c4ccc(F)c(C(F)(F)F)c4)n3)cccc21. The number of aromatic nitrogens is 3. The lowest BCUT2D eigenvalue weighted by atomic mass is 10.1. The van der Waals surface area contributed by atoms with Gasteiger partial charge < -0.3 is 18.8 Å². The summed E-state index contributed by atoms with van der Waals surface area (Å²) in [5.74, 6) is -1.58. The number of alkyl halides is 3. The Kier molecular flexibility index (Phi) is 7.72. The summed E-state index contributed by atoms with van der Waals surface area (Å²) in [6.45, 7) is 11.7. The van der Waals surface area contributed by atoms with Crippen molar-refractivity contribution in [3.63, 3.8) is 0 Å². The Bertz CT molecular complexity index is 1490. The van der Waals surface area contributed by atoms with Crippen molar-refractivity contribution in [2.75, 3.05) is 13.2 Å². The lowest BCUT2D eigenvalue weighted by Gasteiger charge is -2.36. The highest BCUT2D eigenvalue weighted by molar-refractivity contribution is 6.74. The van der Waals surface area contributed by atoms with E-state index in [0.29, 0.717) is 30.8 Å². The average Bonchev–Trinajstić information content (AvgIpc) is 3.48. The topological polar surface area (TPSA) is 82.2 Å². The molecule has 2 aromatic heterocycles. The van der Waals surface area contributed by atoms with E-state index in [2.05, 4.69) is 49.3 Å². The second kappa shape index (κ2) is 10.6.